The summed E-state index contributed by atoms with van der Waals surface area (Å²) in [6, 6.07) is 4.76. The van der Waals surface area contributed by atoms with Gasteiger partial charge < -0.3 is 15.0 Å². The molecule has 2 fully saturated rings. The van der Waals surface area contributed by atoms with Gasteiger partial charge in [0.15, 0.2) is 0 Å². The predicted molar refractivity (Wildman–Crippen MR) is 98.8 cm³/mol. The number of sulfonamides is 1. The fraction of sp³-hybridized carbons (Fsp3) is 0.611. The first-order chi connectivity index (χ1) is 12.5. The molecule has 2 aliphatic rings. The minimum absolute atomic E-state index is 0.162. The normalized spacial score (nSPS) is 19.6. The van der Waals surface area contributed by atoms with Crippen LogP contribution < -0.4 is 5.32 Å². The highest BCUT2D eigenvalue weighted by Gasteiger charge is 2.27. The van der Waals surface area contributed by atoms with Gasteiger partial charge in [0, 0.05) is 31.7 Å². The Bertz CT molecular complexity index is 739. The van der Waals surface area contributed by atoms with Crippen molar-refractivity contribution in [2.45, 2.75) is 24.7 Å². The van der Waals surface area contributed by atoms with E-state index in [4.69, 9.17) is 4.74 Å². The van der Waals surface area contributed by atoms with E-state index in [0.717, 1.165) is 25.2 Å². The first kappa shape index (κ1) is 19.3. The number of benzene rings is 1. The molecule has 1 N–H and O–H groups in total. The van der Waals surface area contributed by atoms with E-state index >= 15 is 0 Å². The molecule has 2 heterocycles. The maximum Gasteiger partial charge on any atom is 0.251 e. The monoisotopic (exact) mass is 381 g/mol. The van der Waals surface area contributed by atoms with Crippen molar-refractivity contribution in [3.8, 4) is 0 Å². The van der Waals surface area contributed by atoms with Gasteiger partial charge in [-0.1, -0.05) is 6.07 Å². The number of nitrogens with one attached hydrogen (secondary N) is 1. The van der Waals surface area contributed by atoms with Crippen LogP contribution in [-0.4, -0.2) is 76.0 Å². The first-order valence-electron chi connectivity index (χ1n) is 9.17. The van der Waals surface area contributed by atoms with Crippen LogP contribution in [0.4, 0.5) is 0 Å². The van der Waals surface area contributed by atoms with Crippen LogP contribution in [0, 0.1) is 6.92 Å². The van der Waals surface area contributed by atoms with E-state index in [1.165, 1.54) is 23.2 Å². The van der Waals surface area contributed by atoms with Crippen LogP contribution in [0.15, 0.2) is 23.1 Å². The fourth-order valence-corrected chi connectivity index (χ4v) is 4.81. The summed E-state index contributed by atoms with van der Waals surface area (Å²) in [6.07, 6.45) is 2.43. The van der Waals surface area contributed by atoms with E-state index in [1.54, 1.807) is 12.1 Å². The van der Waals surface area contributed by atoms with Crippen LogP contribution in [-0.2, 0) is 14.8 Å². The molecule has 0 aromatic heterocycles. The molecule has 26 heavy (non-hydrogen) atoms. The Balaban J connectivity index is 1.69. The number of carbonyl (C=O) groups is 1. The zero-order chi connectivity index (χ0) is 18.6. The second-order valence-electron chi connectivity index (χ2n) is 6.80. The molecule has 1 aromatic carbocycles. The van der Waals surface area contributed by atoms with Crippen LogP contribution in [0.2, 0.25) is 0 Å². The minimum Gasteiger partial charge on any atom is -0.379 e. The molecule has 2 aliphatic heterocycles. The number of ether oxygens (including phenoxy) is 1. The van der Waals surface area contributed by atoms with Crippen molar-refractivity contribution < 1.29 is 17.9 Å². The molecule has 1 amide bonds. The van der Waals surface area contributed by atoms with Gasteiger partial charge in [0.25, 0.3) is 5.91 Å². The van der Waals surface area contributed by atoms with Crippen molar-refractivity contribution in [3.63, 3.8) is 0 Å². The largest absolute Gasteiger partial charge is 0.379 e. The molecular weight excluding hydrogens is 354 g/mol. The van der Waals surface area contributed by atoms with E-state index in [-0.39, 0.29) is 10.8 Å². The van der Waals surface area contributed by atoms with Gasteiger partial charge in [-0.05, 0) is 50.6 Å². The van der Waals surface area contributed by atoms with Crippen molar-refractivity contribution >= 4 is 15.9 Å². The van der Waals surface area contributed by atoms with Crippen molar-refractivity contribution in [1.29, 1.82) is 0 Å². The van der Waals surface area contributed by atoms with Gasteiger partial charge >= 0.3 is 0 Å². The summed E-state index contributed by atoms with van der Waals surface area (Å²) in [4.78, 5) is 15.0. The summed E-state index contributed by atoms with van der Waals surface area (Å²) in [6.45, 7) is 6.87. The quantitative estimate of drug-likeness (QED) is 0.790. The molecule has 0 saturated carbocycles. The summed E-state index contributed by atoms with van der Waals surface area (Å²) < 4.78 is 32.2. The van der Waals surface area contributed by atoms with Gasteiger partial charge in [0.2, 0.25) is 10.0 Å². The maximum atomic E-state index is 12.8. The molecule has 8 heteroatoms. The van der Waals surface area contributed by atoms with Crippen molar-refractivity contribution in [2.75, 3.05) is 52.5 Å². The summed E-state index contributed by atoms with van der Waals surface area (Å²) in [7, 11) is -3.60. The Kier molecular flexibility index (Phi) is 6.29. The molecule has 144 valence electrons. The van der Waals surface area contributed by atoms with Crippen molar-refractivity contribution in [3.05, 3.63) is 29.3 Å². The van der Waals surface area contributed by atoms with Crippen molar-refractivity contribution in [2.24, 2.45) is 0 Å². The van der Waals surface area contributed by atoms with Gasteiger partial charge in [-0.3, -0.25) is 4.79 Å². The number of rotatable bonds is 6. The average molecular weight is 381 g/mol. The smallest absolute Gasteiger partial charge is 0.251 e. The molecule has 0 unspecified atom stereocenters. The number of likely N-dealkylation sites (tertiary alicyclic amines) is 1. The third-order valence-electron chi connectivity index (χ3n) is 4.97. The minimum atomic E-state index is -3.60. The number of hydrogen-bond donors (Lipinski definition) is 1. The van der Waals surface area contributed by atoms with Crippen LogP contribution in [0.5, 0.6) is 0 Å². The standard InChI is InChI=1S/C18H27N3O4S/c1-15-4-5-16(26(23,24)21-10-12-25-13-11-21)14-17(15)18(22)19-6-9-20-7-2-3-8-20/h4-5,14H,2-3,6-13H2,1H3,(H,19,22). The lowest BCUT2D eigenvalue weighted by atomic mass is 10.1. The van der Waals surface area contributed by atoms with Crippen LogP contribution in [0.1, 0.15) is 28.8 Å². The summed E-state index contributed by atoms with van der Waals surface area (Å²) in [5, 5.41) is 2.92. The van der Waals surface area contributed by atoms with Gasteiger partial charge in [-0.25, -0.2) is 8.42 Å². The Hall–Kier alpha value is -1.48. The highest BCUT2D eigenvalue weighted by molar-refractivity contribution is 7.89. The first-order valence-corrected chi connectivity index (χ1v) is 10.6. The maximum absolute atomic E-state index is 12.8. The lowest BCUT2D eigenvalue weighted by Crippen LogP contribution is -2.40. The zero-order valence-corrected chi connectivity index (χ0v) is 16.1. The second kappa shape index (κ2) is 8.47. The van der Waals surface area contributed by atoms with E-state index in [2.05, 4.69) is 10.2 Å². The van der Waals surface area contributed by atoms with Gasteiger partial charge in [-0.2, -0.15) is 4.31 Å². The van der Waals surface area contributed by atoms with E-state index in [0.29, 0.717) is 38.4 Å². The molecule has 0 atom stereocenters. The molecule has 0 bridgehead atoms. The molecule has 2 saturated heterocycles. The number of aryl methyl sites for hydroxylation is 1. The fourth-order valence-electron chi connectivity index (χ4n) is 3.37. The number of hydrogen-bond acceptors (Lipinski definition) is 5. The number of amides is 1. The lowest BCUT2D eigenvalue weighted by Gasteiger charge is -2.26. The highest BCUT2D eigenvalue weighted by atomic mass is 32.2. The Morgan fingerprint density at radius 3 is 2.54 bits per heavy atom. The van der Waals surface area contributed by atoms with E-state index in [9.17, 15) is 13.2 Å². The zero-order valence-electron chi connectivity index (χ0n) is 15.2. The van der Waals surface area contributed by atoms with Gasteiger partial charge in [-0.15, -0.1) is 0 Å². The number of nitrogens with zero attached hydrogens (tertiary/aromatic N) is 2. The van der Waals surface area contributed by atoms with Crippen molar-refractivity contribution in [1.82, 2.24) is 14.5 Å². The summed E-state index contributed by atoms with van der Waals surface area (Å²) >= 11 is 0. The van der Waals surface area contributed by atoms with Crippen LogP contribution in [0.25, 0.3) is 0 Å². The highest BCUT2D eigenvalue weighted by Crippen LogP contribution is 2.20. The van der Waals surface area contributed by atoms with E-state index < -0.39 is 10.0 Å². The Morgan fingerprint density at radius 1 is 1.15 bits per heavy atom. The van der Waals surface area contributed by atoms with E-state index in [1.807, 2.05) is 6.92 Å². The average Bonchev–Trinajstić information content (AvgIpc) is 3.16. The van der Waals surface area contributed by atoms with Gasteiger partial charge in [0.1, 0.15) is 0 Å². The second-order valence-corrected chi connectivity index (χ2v) is 8.74. The van der Waals surface area contributed by atoms with Crippen LogP contribution >= 0.6 is 0 Å². The molecule has 0 aliphatic carbocycles. The van der Waals surface area contributed by atoms with Crippen LogP contribution in [0.3, 0.4) is 0 Å². The van der Waals surface area contributed by atoms with Gasteiger partial charge in [0.05, 0.1) is 18.1 Å². The predicted octanol–water partition coefficient (Wildman–Crippen LogP) is 0.842. The molecule has 0 radical (unpaired) electrons. The lowest BCUT2D eigenvalue weighted by molar-refractivity contribution is 0.0730. The topological polar surface area (TPSA) is 78.9 Å². The molecule has 7 nitrogen and oxygen atoms in total. The Labute approximate surface area is 155 Å². The SMILES string of the molecule is Cc1ccc(S(=O)(=O)N2CCOCC2)cc1C(=O)NCCN1CCCC1. The third-order valence-corrected chi connectivity index (χ3v) is 6.87. The molecule has 1 aromatic rings. The Morgan fingerprint density at radius 2 is 1.85 bits per heavy atom. The molecule has 0 spiro atoms. The molecule has 3 rings (SSSR count). The summed E-state index contributed by atoms with van der Waals surface area (Å²) in [5.74, 6) is -0.222. The summed E-state index contributed by atoms with van der Waals surface area (Å²) in [5.41, 5.74) is 1.19. The molecular formula is C18H27N3O4S. The number of morpholine rings is 1. The number of carbonyl (C=O) groups excluding carboxylic acids is 1. The third kappa shape index (κ3) is 4.43.